The molecule has 96 valence electrons. The molecule has 0 aromatic rings. The number of nitrogens with one attached hydrogen (secondary N) is 2. The van der Waals surface area contributed by atoms with Crippen molar-refractivity contribution in [3.05, 3.63) is 0 Å². The van der Waals surface area contributed by atoms with Crippen LogP contribution in [-0.4, -0.2) is 40.2 Å². The Morgan fingerprint density at radius 3 is 3.00 bits per heavy atom. The van der Waals surface area contributed by atoms with Crippen molar-refractivity contribution in [1.82, 2.24) is 10.6 Å². The van der Waals surface area contributed by atoms with Crippen LogP contribution in [0.25, 0.3) is 0 Å². The molecule has 2 amide bonds. The Kier molecular flexibility index (Phi) is 4.15. The van der Waals surface area contributed by atoms with E-state index in [2.05, 4.69) is 10.6 Å². The Bertz CT molecular complexity index is 311. The first kappa shape index (κ1) is 12.5. The summed E-state index contributed by atoms with van der Waals surface area (Å²) in [6, 6.07) is 0.522. The van der Waals surface area contributed by atoms with Crippen molar-refractivity contribution in [1.29, 1.82) is 0 Å². The first-order chi connectivity index (χ1) is 8.15. The van der Waals surface area contributed by atoms with Gasteiger partial charge in [0.25, 0.3) is 0 Å². The Morgan fingerprint density at radius 1 is 1.41 bits per heavy atom. The highest BCUT2D eigenvalue weighted by atomic mass is 32.2. The van der Waals surface area contributed by atoms with Crippen molar-refractivity contribution in [3.8, 4) is 0 Å². The average Bonchev–Trinajstić information content (AvgIpc) is 2.26. The minimum atomic E-state index is -0.725. The van der Waals surface area contributed by atoms with E-state index < -0.39 is 5.97 Å². The summed E-state index contributed by atoms with van der Waals surface area (Å²) >= 11 is 1.89. The van der Waals surface area contributed by atoms with Crippen LogP contribution in [0.4, 0.5) is 4.79 Å². The number of fused-ring (bicyclic) bond motifs is 2. The molecule has 2 rings (SSSR count). The summed E-state index contributed by atoms with van der Waals surface area (Å²) in [5.41, 5.74) is 0. The van der Waals surface area contributed by atoms with Gasteiger partial charge in [-0.25, -0.2) is 4.79 Å². The van der Waals surface area contributed by atoms with Crippen LogP contribution in [0, 0.1) is 0 Å². The second kappa shape index (κ2) is 5.62. The topological polar surface area (TPSA) is 78.4 Å². The number of carboxylic acids is 1. The number of amides is 2. The van der Waals surface area contributed by atoms with Crippen molar-refractivity contribution in [3.63, 3.8) is 0 Å². The Labute approximate surface area is 105 Å². The highest BCUT2D eigenvalue weighted by molar-refractivity contribution is 8.00. The molecule has 5 nitrogen and oxygen atoms in total. The zero-order valence-corrected chi connectivity index (χ0v) is 10.5. The van der Waals surface area contributed by atoms with Crippen LogP contribution in [0.1, 0.15) is 32.1 Å². The van der Waals surface area contributed by atoms with Gasteiger partial charge >= 0.3 is 12.0 Å². The second-order valence-corrected chi connectivity index (χ2v) is 5.94. The molecule has 2 fully saturated rings. The Hall–Kier alpha value is -0.910. The van der Waals surface area contributed by atoms with E-state index in [1.54, 1.807) is 0 Å². The molecule has 0 aliphatic carbocycles. The zero-order valence-electron chi connectivity index (χ0n) is 9.65. The van der Waals surface area contributed by atoms with Crippen molar-refractivity contribution in [2.24, 2.45) is 0 Å². The lowest BCUT2D eigenvalue weighted by Crippen LogP contribution is -2.61. The molecule has 3 N–H and O–H groups in total. The van der Waals surface area contributed by atoms with E-state index in [1.807, 2.05) is 11.8 Å². The molecule has 0 aromatic carbocycles. The third-order valence-corrected chi connectivity index (χ3v) is 4.87. The van der Waals surface area contributed by atoms with Gasteiger partial charge in [-0.15, -0.1) is 0 Å². The molecule has 2 heterocycles. The van der Waals surface area contributed by atoms with E-state index in [1.165, 1.54) is 0 Å². The van der Waals surface area contributed by atoms with Gasteiger partial charge in [-0.1, -0.05) is 6.42 Å². The molecule has 2 aliphatic rings. The number of urea groups is 1. The number of carbonyl (C=O) groups is 2. The van der Waals surface area contributed by atoms with Gasteiger partial charge in [0.1, 0.15) is 0 Å². The fourth-order valence-electron chi connectivity index (χ4n) is 2.44. The van der Waals surface area contributed by atoms with Crippen molar-refractivity contribution in [2.45, 2.75) is 49.4 Å². The van der Waals surface area contributed by atoms with E-state index in [-0.39, 0.29) is 18.5 Å². The van der Waals surface area contributed by atoms with Gasteiger partial charge in [-0.2, -0.15) is 11.8 Å². The molecule has 17 heavy (non-hydrogen) atoms. The van der Waals surface area contributed by atoms with Gasteiger partial charge in [0.2, 0.25) is 0 Å². The van der Waals surface area contributed by atoms with Crippen LogP contribution in [0.2, 0.25) is 0 Å². The molecule has 0 spiro atoms. The summed E-state index contributed by atoms with van der Waals surface area (Å²) in [6.07, 6.45) is 3.90. The van der Waals surface area contributed by atoms with Gasteiger partial charge in [-0.3, -0.25) is 4.79 Å². The van der Waals surface area contributed by atoms with E-state index in [4.69, 9.17) is 5.11 Å². The standard InChI is InChI=1S/C11H18N2O3S/c14-10(15)4-2-1-3-9-8-5-7(6-17-9)12-11(16)13-8/h7-9H,1-6H2,(H,14,15)(H2,12,13,16)/t7-,8+,9+/m1/s1. The minimum Gasteiger partial charge on any atom is -0.481 e. The van der Waals surface area contributed by atoms with E-state index >= 15 is 0 Å². The maximum Gasteiger partial charge on any atom is 0.315 e. The lowest BCUT2D eigenvalue weighted by atomic mass is 9.98. The number of carbonyl (C=O) groups excluding carboxylic acids is 1. The molecule has 0 saturated carbocycles. The monoisotopic (exact) mass is 258 g/mol. The van der Waals surface area contributed by atoms with Crippen LogP contribution < -0.4 is 10.6 Å². The number of aliphatic carboxylic acids is 1. The number of thioether (sulfide) groups is 1. The Balaban J connectivity index is 1.73. The molecule has 2 aliphatic heterocycles. The number of hydrogen-bond donors (Lipinski definition) is 3. The normalized spacial score (nSPS) is 31.5. The van der Waals surface area contributed by atoms with E-state index in [0.717, 1.165) is 31.4 Å². The van der Waals surface area contributed by atoms with Crippen LogP contribution >= 0.6 is 11.8 Å². The fraction of sp³-hybridized carbons (Fsp3) is 0.818. The van der Waals surface area contributed by atoms with Gasteiger partial charge in [0.15, 0.2) is 0 Å². The van der Waals surface area contributed by atoms with Gasteiger partial charge in [0.05, 0.1) is 0 Å². The molecular weight excluding hydrogens is 240 g/mol. The molecule has 6 heteroatoms. The molecule has 3 atom stereocenters. The molecule has 0 aromatic heterocycles. The summed E-state index contributed by atoms with van der Waals surface area (Å²) in [6.45, 7) is 0. The molecule has 0 unspecified atom stereocenters. The first-order valence-corrected chi connectivity index (χ1v) is 7.10. The van der Waals surface area contributed by atoms with Crippen molar-refractivity contribution >= 4 is 23.8 Å². The highest BCUT2D eigenvalue weighted by Gasteiger charge is 2.36. The smallest absolute Gasteiger partial charge is 0.315 e. The van der Waals surface area contributed by atoms with Crippen molar-refractivity contribution < 1.29 is 14.7 Å². The van der Waals surface area contributed by atoms with Crippen LogP contribution in [0.3, 0.4) is 0 Å². The third kappa shape index (κ3) is 3.52. The number of unbranched alkanes of at least 4 members (excludes halogenated alkanes) is 1. The average molecular weight is 258 g/mol. The predicted octanol–water partition coefficient (Wildman–Crippen LogP) is 1.19. The zero-order chi connectivity index (χ0) is 12.3. The van der Waals surface area contributed by atoms with Crippen LogP contribution in [-0.2, 0) is 4.79 Å². The SMILES string of the molecule is O=C(O)CCCC[C@@H]1SC[C@H]2C[C@@H]1NC(=O)N2. The maximum atomic E-state index is 11.3. The number of carboxylic acid groups (broad SMARTS) is 1. The molecular formula is C11H18N2O3S. The van der Waals surface area contributed by atoms with E-state index in [0.29, 0.717) is 11.3 Å². The quantitative estimate of drug-likeness (QED) is 0.647. The fourth-order valence-corrected chi connectivity index (χ4v) is 3.88. The maximum absolute atomic E-state index is 11.3. The Morgan fingerprint density at radius 2 is 2.24 bits per heavy atom. The lowest BCUT2D eigenvalue weighted by molar-refractivity contribution is -0.137. The highest BCUT2D eigenvalue weighted by Crippen LogP contribution is 2.31. The summed E-state index contributed by atoms with van der Waals surface area (Å²) in [5, 5.41) is 14.9. The van der Waals surface area contributed by atoms with Crippen LogP contribution in [0.5, 0.6) is 0 Å². The second-order valence-electron chi connectivity index (χ2n) is 4.67. The number of hydrogen-bond acceptors (Lipinski definition) is 3. The van der Waals surface area contributed by atoms with Crippen LogP contribution in [0.15, 0.2) is 0 Å². The predicted molar refractivity (Wildman–Crippen MR) is 66.2 cm³/mol. The van der Waals surface area contributed by atoms with Gasteiger partial charge in [-0.05, 0) is 19.3 Å². The summed E-state index contributed by atoms with van der Waals surface area (Å²) in [7, 11) is 0. The van der Waals surface area contributed by atoms with Gasteiger partial charge in [0, 0.05) is 29.5 Å². The largest absolute Gasteiger partial charge is 0.481 e. The van der Waals surface area contributed by atoms with Gasteiger partial charge < -0.3 is 15.7 Å². The summed E-state index contributed by atoms with van der Waals surface area (Å²) < 4.78 is 0. The molecule has 0 radical (unpaired) electrons. The van der Waals surface area contributed by atoms with E-state index in [9.17, 15) is 9.59 Å². The first-order valence-electron chi connectivity index (χ1n) is 6.05. The molecule has 2 bridgehead atoms. The summed E-state index contributed by atoms with van der Waals surface area (Å²) in [5.74, 6) is 0.254. The molecule has 2 saturated heterocycles. The summed E-state index contributed by atoms with van der Waals surface area (Å²) in [4.78, 5) is 21.7. The minimum absolute atomic E-state index is 0.0536. The van der Waals surface area contributed by atoms with Crippen molar-refractivity contribution in [2.75, 3.05) is 5.75 Å². The number of rotatable bonds is 5. The third-order valence-electron chi connectivity index (χ3n) is 3.28. The lowest BCUT2D eigenvalue weighted by Gasteiger charge is -2.40.